The first-order valence-corrected chi connectivity index (χ1v) is 12.5. The number of rotatable bonds is 3. The molecule has 0 aliphatic carbocycles. The number of ketones is 2. The van der Waals surface area contributed by atoms with Gasteiger partial charge in [-0.05, 0) is 35.4 Å². The average molecular weight is 574 g/mol. The third kappa shape index (κ3) is 4.04. The molecule has 2 heterocycles. The van der Waals surface area contributed by atoms with Crippen molar-refractivity contribution in [2.45, 2.75) is 24.2 Å². The Morgan fingerprint density at radius 1 is 0.548 bits per heavy atom. The van der Waals surface area contributed by atoms with Gasteiger partial charge in [0.15, 0.2) is 29.5 Å². The second kappa shape index (κ2) is 9.49. The topological polar surface area (TPSA) is 214 Å². The van der Waals surface area contributed by atoms with Crippen LogP contribution in [0.25, 0.3) is 0 Å². The number of aromatic hydroxyl groups is 7. The van der Waals surface area contributed by atoms with Crippen molar-refractivity contribution in [3.8, 4) is 51.7 Å². The number of carbonyl (C=O) groups excluding carboxylic acids is 2. The number of ether oxygens (including phenoxy) is 2. The Bertz CT molecular complexity index is 1780. The largest absolute Gasteiger partial charge is 0.508 e. The van der Waals surface area contributed by atoms with Gasteiger partial charge >= 0.3 is 0 Å². The molecule has 12 heteroatoms. The number of aliphatic hydroxyl groups excluding tert-OH is 1. The van der Waals surface area contributed by atoms with Crippen LogP contribution in [0.1, 0.15) is 55.5 Å². The highest BCUT2D eigenvalue weighted by Crippen LogP contribution is 2.55. The molecule has 0 saturated carbocycles. The lowest BCUT2D eigenvalue weighted by molar-refractivity contribution is 0.0196. The first kappa shape index (κ1) is 26.6. The van der Waals surface area contributed by atoms with Crippen LogP contribution >= 0.6 is 0 Å². The Kier molecular flexibility index (Phi) is 6.01. The molecule has 0 aromatic heterocycles. The third-order valence-electron chi connectivity index (χ3n) is 7.34. The smallest absolute Gasteiger partial charge is 0.202 e. The van der Waals surface area contributed by atoms with Gasteiger partial charge in [0, 0.05) is 18.2 Å². The average Bonchev–Trinajstić information content (AvgIpc) is 2.92. The van der Waals surface area contributed by atoms with Crippen molar-refractivity contribution in [2.24, 2.45) is 0 Å². The van der Waals surface area contributed by atoms with Gasteiger partial charge in [-0.1, -0.05) is 18.2 Å². The maximum absolute atomic E-state index is 14.1. The molecular weight excluding hydrogens is 552 g/mol. The second-order valence-electron chi connectivity index (χ2n) is 9.94. The molecule has 8 N–H and O–H groups in total. The zero-order valence-corrected chi connectivity index (χ0v) is 21.3. The number of hydrogen-bond acceptors (Lipinski definition) is 12. The molecule has 0 radical (unpaired) electrons. The van der Waals surface area contributed by atoms with E-state index in [1.165, 1.54) is 30.3 Å². The van der Waals surface area contributed by atoms with E-state index in [9.17, 15) is 50.4 Å². The predicted octanol–water partition coefficient (Wildman–Crippen LogP) is 3.40. The fourth-order valence-corrected chi connectivity index (χ4v) is 5.38. The number of benzene rings is 4. The van der Waals surface area contributed by atoms with Crippen molar-refractivity contribution in [2.75, 3.05) is 0 Å². The Morgan fingerprint density at radius 2 is 1.21 bits per heavy atom. The van der Waals surface area contributed by atoms with Gasteiger partial charge in [-0.25, -0.2) is 0 Å². The molecular formula is C30H22O12. The van der Waals surface area contributed by atoms with Crippen molar-refractivity contribution in [1.82, 2.24) is 0 Å². The fourth-order valence-electron chi connectivity index (χ4n) is 5.38. The Hall–Kier alpha value is -5.62. The monoisotopic (exact) mass is 574 g/mol. The minimum atomic E-state index is -1.90. The van der Waals surface area contributed by atoms with E-state index in [0.29, 0.717) is 5.56 Å². The van der Waals surface area contributed by atoms with E-state index in [2.05, 4.69) is 0 Å². The lowest BCUT2D eigenvalue weighted by atomic mass is 9.78. The van der Waals surface area contributed by atoms with E-state index in [0.717, 1.165) is 30.3 Å². The number of aliphatic hydroxyl groups is 1. The number of fused-ring (bicyclic) bond motifs is 2. The van der Waals surface area contributed by atoms with Crippen LogP contribution in [0, 0.1) is 0 Å². The van der Waals surface area contributed by atoms with Gasteiger partial charge in [0.05, 0.1) is 11.5 Å². The summed E-state index contributed by atoms with van der Waals surface area (Å²) in [7, 11) is 0. The van der Waals surface area contributed by atoms with E-state index in [1.54, 1.807) is 0 Å². The van der Waals surface area contributed by atoms with Gasteiger partial charge in [0.25, 0.3) is 0 Å². The predicted molar refractivity (Wildman–Crippen MR) is 142 cm³/mol. The summed E-state index contributed by atoms with van der Waals surface area (Å²) < 4.78 is 12.1. The maximum atomic E-state index is 14.1. The molecule has 2 aliphatic heterocycles. The van der Waals surface area contributed by atoms with Crippen molar-refractivity contribution in [3.05, 3.63) is 88.5 Å². The molecule has 0 fully saturated rings. The first-order chi connectivity index (χ1) is 20.0. The van der Waals surface area contributed by atoms with E-state index >= 15 is 0 Å². The number of phenolic OH excluding ortho intramolecular Hbond substituents is 7. The van der Waals surface area contributed by atoms with Crippen LogP contribution in [-0.4, -0.2) is 58.5 Å². The molecule has 4 aromatic rings. The first-order valence-electron chi connectivity index (χ1n) is 12.5. The molecule has 4 atom stereocenters. The van der Waals surface area contributed by atoms with Crippen LogP contribution < -0.4 is 9.47 Å². The van der Waals surface area contributed by atoms with E-state index in [4.69, 9.17) is 9.47 Å². The van der Waals surface area contributed by atoms with Gasteiger partial charge < -0.3 is 50.3 Å². The highest BCUT2D eigenvalue weighted by atomic mass is 16.5. The summed E-state index contributed by atoms with van der Waals surface area (Å²) in [5.41, 5.74) is -0.839. The van der Waals surface area contributed by atoms with Gasteiger partial charge in [0.1, 0.15) is 57.5 Å². The standard InChI is InChI=1S/C30H22O12/c31-13-4-1-11(2-5-13)28-24(25(38)21-17(35)8-14(32)9-20(21)41-28)22-18(36)10-19(37)23-26(39)27(40)29(42-30(22)23)12-3-6-15(33)16(34)7-12/h1-10,24,27-29,31-37,40H/t24-,27+,28+,29+/m0/s1. The molecule has 214 valence electrons. The summed E-state index contributed by atoms with van der Waals surface area (Å²) >= 11 is 0. The SMILES string of the molecule is O=C1c2c(O)cc(O)c([C@H]3C(=O)c4c(O)cc(O)cc4O[C@@H]3c3ccc(O)cc3)c2O[C@H](c2ccc(O)c(O)c2)[C@@H]1O. The van der Waals surface area contributed by atoms with Crippen LogP contribution in [-0.2, 0) is 0 Å². The van der Waals surface area contributed by atoms with E-state index in [1.807, 2.05) is 0 Å². The van der Waals surface area contributed by atoms with E-state index < -0.39 is 81.6 Å². The summed E-state index contributed by atoms with van der Waals surface area (Å²) in [5.74, 6) is -7.60. The summed E-state index contributed by atoms with van der Waals surface area (Å²) in [6.07, 6.45) is -4.70. The van der Waals surface area contributed by atoms with Crippen LogP contribution in [0.4, 0.5) is 0 Å². The Labute approximate surface area is 236 Å². The quantitative estimate of drug-likeness (QED) is 0.165. The second-order valence-corrected chi connectivity index (χ2v) is 9.94. The van der Waals surface area contributed by atoms with Crippen molar-refractivity contribution in [1.29, 1.82) is 0 Å². The molecule has 2 aliphatic rings. The highest BCUT2D eigenvalue weighted by Gasteiger charge is 2.48. The maximum Gasteiger partial charge on any atom is 0.202 e. The molecule has 0 unspecified atom stereocenters. The molecule has 0 spiro atoms. The number of carbonyl (C=O) groups is 2. The van der Waals surface area contributed by atoms with Crippen LogP contribution in [0.5, 0.6) is 51.7 Å². The molecule has 0 bridgehead atoms. The van der Waals surface area contributed by atoms with Crippen molar-refractivity contribution < 1.29 is 59.9 Å². The molecule has 12 nitrogen and oxygen atoms in total. The van der Waals surface area contributed by atoms with Crippen LogP contribution in [0.2, 0.25) is 0 Å². The molecule has 0 saturated heterocycles. The number of phenols is 7. The lowest BCUT2D eigenvalue weighted by Crippen LogP contribution is -2.38. The Morgan fingerprint density at radius 3 is 1.90 bits per heavy atom. The summed E-state index contributed by atoms with van der Waals surface area (Å²) in [5, 5.41) is 82.8. The minimum Gasteiger partial charge on any atom is -0.508 e. The van der Waals surface area contributed by atoms with Crippen molar-refractivity contribution in [3.63, 3.8) is 0 Å². The summed E-state index contributed by atoms with van der Waals surface area (Å²) in [6, 6.07) is 11.8. The van der Waals surface area contributed by atoms with Crippen molar-refractivity contribution >= 4 is 11.6 Å². The molecule has 0 amide bonds. The molecule has 42 heavy (non-hydrogen) atoms. The summed E-state index contributed by atoms with van der Waals surface area (Å²) in [6.45, 7) is 0. The minimum absolute atomic E-state index is 0.0466. The fraction of sp³-hybridized carbons (Fsp3) is 0.133. The van der Waals surface area contributed by atoms with Gasteiger partial charge in [0.2, 0.25) is 5.78 Å². The normalized spacial score (nSPS) is 21.2. The van der Waals surface area contributed by atoms with Gasteiger partial charge in [-0.2, -0.15) is 0 Å². The lowest BCUT2D eigenvalue weighted by Gasteiger charge is -2.37. The molecule has 6 rings (SSSR count). The van der Waals surface area contributed by atoms with Crippen LogP contribution in [0.3, 0.4) is 0 Å². The highest BCUT2D eigenvalue weighted by molar-refractivity contribution is 6.10. The van der Waals surface area contributed by atoms with Gasteiger partial charge in [-0.3, -0.25) is 9.59 Å². The van der Waals surface area contributed by atoms with Gasteiger partial charge in [-0.15, -0.1) is 0 Å². The number of Topliss-reactive ketones (excluding diaryl/α,β-unsaturated/α-hetero) is 2. The third-order valence-corrected chi connectivity index (χ3v) is 7.34. The molecule has 4 aromatic carbocycles. The zero-order valence-electron chi connectivity index (χ0n) is 21.3. The number of hydrogen-bond donors (Lipinski definition) is 8. The van der Waals surface area contributed by atoms with Crippen LogP contribution in [0.15, 0.2) is 60.7 Å². The van der Waals surface area contributed by atoms with E-state index in [-0.39, 0.29) is 28.2 Å². The summed E-state index contributed by atoms with van der Waals surface area (Å²) in [4.78, 5) is 27.5. The Balaban J connectivity index is 1.59. The zero-order chi connectivity index (χ0) is 30.0.